The van der Waals surface area contributed by atoms with E-state index in [1.54, 1.807) is 6.92 Å². The van der Waals surface area contributed by atoms with E-state index in [1.807, 2.05) is 4.90 Å². The molecule has 1 N–H and O–H groups in total. The quantitative estimate of drug-likeness (QED) is 0.832. The van der Waals surface area contributed by atoms with Gasteiger partial charge in [0.25, 0.3) is 0 Å². The molecule has 2 heterocycles. The average molecular weight is 263 g/mol. The van der Waals surface area contributed by atoms with Crippen LogP contribution in [0, 0.1) is 0 Å². The Hall–Kier alpha value is -0.650. The monoisotopic (exact) mass is 262 g/mol. The largest absolute Gasteiger partial charge is 0.388 e. The maximum Gasteiger partial charge on any atom is 0.231 e. The number of hydrogen-bond donors (Lipinski definition) is 1. The van der Waals surface area contributed by atoms with E-state index in [9.17, 15) is 5.11 Å². The van der Waals surface area contributed by atoms with Crippen LogP contribution in [0.25, 0.3) is 0 Å². The zero-order chi connectivity index (χ0) is 11.8. The lowest BCUT2D eigenvalue weighted by Crippen LogP contribution is -2.46. The summed E-state index contributed by atoms with van der Waals surface area (Å²) in [6.45, 7) is 3.06. The molecule has 1 atom stereocenters. The molecule has 0 aliphatic carbocycles. The van der Waals surface area contributed by atoms with E-state index in [0.29, 0.717) is 12.5 Å². The lowest BCUT2D eigenvalue weighted by molar-refractivity contribution is 0.0444. The predicted octanol–water partition coefficient (Wildman–Crippen LogP) is 1.53. The third-order valence-electron chi connectivity index (χ3n) is 2.53. The molecule has 1 fully saturated rings. The van der Waals surface area contributed by atoms with E-state index < -0.39 is 5.60 Å². The number of rotatable bonds is 1. The minimum atomic E-state index is -0.718. The van der Waals surface area contributed by atoms with Crippen LogP contribution in [-0.4, -0.2) is 38.7 Å². The van der Waals surface area contributed by atoms with Gasteiger partial charge in [0, 0.05) is 13.1 Å². The van der Waals surface area contributed by atoms with Crippen LogP contribution in [0.2, 0.25) is 10.6 Å². The zero-order valence-corrected chi connectivity index (χ0v) is 10.3. The Morgan fingerprint density at radius 1 is 1.25 bits per heavy atom. The van der Waals surface area contributed by atoms with Gasteiger partial charge >= 0.3 is 0 Å². The van der Waals surface area contributed by atoms with Gasteiger partial charge in [-0.25, -0.2) is 0 Å². The maximum atomic E-state index is 9.97. The predicted molar refractivity (Wildman–Crippen MR) is 61.9 cm³/mol. The van der Waals surface area contributed by atoms with E-state index in [0.717, 1.165) is 19.4 Å². The van der Waals surface area contributed by atoms with Crippen molar-refractivity contribution in [2.24, 2.45) is 0 Å². The Balaban J connectivity index is 2.23. The molecule has 0 saturated carbocycles. The third kappa shape index (κ3) is 2.72. The number of piperidine rings is 1. The average Bonchev–Trinajstić information content (AvgIpc) is 2.14. The molecule has 5 nitrogen and oxygen atoms in total. The number of nitrogens with zero attached hydrogens (tertiary/aromatic N) is 4. The first-order valence-corrected chi connectivity index (χ1v) is 5.76. The number of halogens is 2. The van der Waals surface area contributed by atoms with Crippen LogP contribution in [0.4, 0.5) is 5.95 Å². The molecule has 7 heteroatoms. The van der Waals surface area contributed by atoms with Gasteiger partial charge in [-0.2, -0.15) is 15.0 Å². The van der Waals surface area contributed by atoms with Crippen LogP contribution < -0.4 is 4.90 Å². The lowest BCUT2D eigenvalue weighted by atomic mass is 9.95. The summed E-state index contributed by atoms with van der Waals surface area (Å²) >= 11 is 11.4. The summed E-state index contributed by atoms with van der Waals surface area (Å²) in [5, 5.41) is 10.1. The van der Waals surface area contributed by atoms with Crippen molar-refractivity contribution in [3.8, 4) is 0 Å². The molecule has 16 heavy (non-hydrogen) atoms. The molecule has 1 aliphatic heterocycles. The fourth-order valence-corrected chi connectivity index (χ4v) is 2.20. The van der Waals surface area contributed by atoms with Crippen molar-refractivity contribution in [3.05, 3.63) is 10.6 Å². The third-order valence-corrected chi connectivity index (χ3v) is 2.86. The molecule has 0 unspecified atom stereocenters. The zero-order valence-electron chi connectivity index (χ0n) is 8.82. The van der Waals surface area contributed by atoms with Crippen LogP contribution in [0.3, 0.4) is 0 Å². The van der Waals surface area contributed by atoms with E-state index in [4.69, 9.17) is 23.2 Å². The second-order valence-corrected chi connectivity index (χ2v) is 4.87. The van der Waals surface area contributed by atoms with Gasteiger partial charge in [-0.05, 0) is 43.0 Å². The van der Waals surface area contributed by atoms with Crippen molar-refractivity contribution < 1.29 is 5.11 Å². The number of aromatic nitrogens is 3. The van der Waals surface area contributed by atoms with Gasteiger partial charge < -0.3 is 10.0 Å². The molecule has 0 spiro atoms. The second kappa shape index (κ2) is 4.31. The highest BCUT2D eigenvalue weighted by Crippen LogP contribution is 2.24. The van der Waals surface area contributed by atoms with Gasteiger partial charge in [-0.1, -0.05) is 0 Å². The smallest absolute Gasteiger partial charge is 0.231 e. The molecular weight excluding hydrogens is 251 g/mol. The lowest BCUT2D eigenvalue weighted by Gasteiger charge is -2.36. The Kier molecular flexibility index (Phi) is 3.19. The highest BCUT2D eigenvalue weighted by atomic mass is 35.5. The number of β-amino-alcohol motifs (C(OH)–C–C–N with tert-alkyl or cyclic N) is 1. The minimum Gasteiger partial charge on any atom is -0.388 e. The maximum absolute atomic E-state index is 9.97. The van der Waals surface area contributed by atoms with Crippen molar-refractivity contribution in [2.45, 2.75) is 25.4 Å². The van der Waals surface area contributed by atoms with Crippen molar-refractivity contribution in [2.75, 3.05) is 18.0 Å². The van der Waals surface area contributed by atoms with Crippen LogP contribution in [-0.2, 0) is 0 Å². The van der Waals surface area contributed by atoms with Crippen LogP contribution in [0.15, 0.2) is 0 Å². The fourth-order valence-electron chi connectivity index (χ4n) is 1.85. The molecule has 1 aromatic heterocycles. The molecule has 88 valence electrons. The Morgan fingerprint density at radius 2 is 1.88 bits per heavy atom. The van der Waals surface area contributed by atoms with Gasteiger partial charge in [-0.3, -0.25) is 0 Å². The van der Waals surface area contributed by atoms with Gasteiger partial charge in [0.05, 0.1) is 5.60 Å². The first-order valence-electron chi connectivity index (χ1n) is 5.01. The first kappa shape index (κ1) is 11.8. The van der Waals surface area contributed by atoms with Crippen LogP contribution in [0.5, 0.6) is 0 Å². The molecule has 2 rings (SSSR count). The molecule has 1 saturated heterocycles. The summed E-state index contributed by atoms with van der Waals surface area (Å²) in [6.07, 6.45) is 1.66. The van der Waals surface area contributed by atoms with E-state index in [2.05, 4.69) is 15.0 Å². The highest BCUT2D eigenvalue weighted by molar-refractivity contribution is 6.31. The summed E-state index contributed by atoms with van der Waals surface area (Å²) in [6, 6.07) is 0. The number of aliphatic hydroxyl groups is 1. The van der Waals surface area contributed by atoms with Crippen molar-refractivity contribution in [1.29, 1.82) is 0 Å². The van der Waals surface area contributed by atoms with Gasteiger partial charge in [0.15, 0.2) is 0 Å². The van der Waals surface area contributed by atoms with Crippen LogP contribution >= 0.6 is 23.2 Å². The van der Waals surface area contributed by atoms with Crippen molar-refractivity contribution in [3.63, 3.8) is 0 Å². The molecule has 1 aliphatic rings. The SMILES string of the molecule is C[C@@]1(O)CCCN(c2nc(Cl)nc(Cl)n2)C1. The Labute approximate surface area is 103 Å². The molecule has 0 bridgehead atoms. The van der Waals surface area contributed by atoms with Gasteiger partial charge in [0.2, 0.25) is 16.5 Å². The van der Waals surface area contributed by atoms with E-state index in [-0.39, 0.29) is 10.6 Å². The summed E-state index contributed by atoms with van der Waals surface area (Å²) in [7, 11) is 0. The molecule has 0 radical (unpaired) electrons. The molecule has 1 aromatic rings. The van der Waals surface area contributed by atoms with Gasteiger partial charge in [-0.15, -0.1) is 0 Å². The standard InChI is InChI=1S/C9H12Cl2N4O/c1-9(16)3-2-4-15(5-9)8-13-6(10)12-7(11)14-8/h16H,2-5H2,1H3/t9-/m1/s1. The first-order chi connectivity index (χ1) is 7.46. The van der Waals surface area contributed by atoms with Gasteiger partial charge in [0.1, 0.15) is 0 Å². The van der Waals surface area contributed by atoms with E-state index in [1.165, 1.54) is 0 Å². The van der Waals surface area contributed by atoms with Crippen LogP contribution in [0.1, 0.15) is 19.8 Å². The molecular formula is C9H12Cl2N4O. The normalized spacial score (nSPS) is 25.9. The Morgan fingerprint density at radius 3 is 2.44 bits per heavy atom. The fraction of sp³-hybridized carbons (Fsp3) is 0.667. The minimum absolute atomic E-state index is 0.0696. The van der Waals surface area contributed by atoms with Crippen molar-refractivity contribution in [1.82, 2.24) is 15.0 Å². The van der Waals surface area contributed by atoms with E-state index >= 15 is 0 Å². The summed E-state index contributed by atoms with van der Waals surface area (Å²) in [5.41, 5.74) is -0.718. The number of hydrogen-bond acceptors (Lipinski definition) is 5. The Bertz CT molecular complexity index is 379. The topological polar surface area (TPSA) is 62.1 Å². The molecule has 0 aromatic carbocycles. The van der Waals surface area contributed by atoms with Crippen molar-refractivity contribution >= 4 is 29.2 Å². The summed E-state index contributed by atoms with van der Waals surface area (Å²) in [4.78, 5) is 13.5. The second-order valence-electron chi connectivity index (χ2n) is 4.20. The number of anilines is 1. The highest BCUT2D eigenvalue weighted by Gasteiger charge is 2.29. The summed E-state index contributed by atoms with van der Waals surface area (Å²) in [5.74, 6) is 0.421. The summed E-state index contributed by atoms with van der Waals surface area (Å²) < 4.78 is 0. The molecule has 0 amide bonds.